The molecule has 0 bridgehead atoms. The zero-order valence-corrected chi connectivity index (χ0v) is 13.6. The summed E-state index contributed by atoms with van der Waals surface area (Å²) < 4.78 is 28.1. The third kappa shape index (κ3) is 6.33. The average Bonchev–Trinajstić information content (AvgIpc) is 3.06. The maximum absolute atomic E-state index is 5.80. The van der Waals surface area contributed by atoms with Crippen LogP contribution >= 0.6 is 0 Å². The van der Waals surface area contributed by atoms with Crippen molar-refractivity contribution in [1.82, 2.24) is 0 Å². The van der Waals surface area contributed by atoms with E-state index in [1.807, 2.05) is 27.7 Å². The topological polar surface area (TPSA) is 49.5 Å². The number of epoxide rings is 1. The van der Waals surface area contributed by atoms with E-state index in [2.05, 4.69) is 0 Å². The molecule has 2 unspecified atom stereocenters. The van der Waals surface area contributed by atoms with Crippen molar-refractivity contribution in [3.05, 3.63) is 0 Å². The lowest BCUT2D eigenvalue weighted by Gasteiger charge is -2.28. The molecule has 1 fully saturated rings. The van der Waals surface area contributed by atoms with Gasteiger partial charge in [-0.2, -0.15) is 0 Å². The van der Waals surface area contributed by atoms with Gasteiger partial charge in [0.1, 0.15) is 6.10 Å². The maximum atomic E-state index is 5.80. The summed E-state index contributed by atoms with van der Waals surface area (Å²) in [6, 6.07) is 0.854. The first kappa shape index (κ1) is 17.1. The van der Waals surface area contributed by atoms with Crippen molar-refractivity contribution >= 4 is 8.80 Å². The summed E-state index contributed by atoms with van der Waals surface area (Å²) in [7, 11) is -2.46. The third-order valence-corrected chi connectivity index (χ3v) is 6.06. The second-order valence-electron chi connectivity index (χ2n) is 4.52. The fraction of sp³-hybridized carbons (Fsp3) is 1.00. The van der Waals surface area contributed by atoms with E-state index in [0.717, 1.165) is 25.5 Å². The molecule has 6 heteroatoms. The van der Waals surface area contributed by atoms with Gasteiger partial charge in [-0.15, -0.1) is 0 Å². The largest absolute Gasteiger partial charge is 0.500 e. The quantitative estimate of drug-likeness (QED) is 0.314. The Morgan fingerprint density at radius 3 is 1.89 bits per heavy atom. The molecule has 0 aliphatic carbocycles. The van der Waals surface area contributed by atoms with Crippen LogP contribution in [-0.4, -0.2) is 47.6 Å². The van der Waals surface area contributed by atoms with Crippen molar-refractivity contribution in [3.63, 3.8) is 0 Å². The van der Waals surface area contributed by atoms with E-state index in [1.165, 1.54) is 0 Å². The minimum absolute atomic E-state index is 0.0210. The van der Waals surface area contributed by atoms with Crippen LogP contribution < -0.4 is 0 Å². The lowest BCUT2D eigenvalue weighted by atomic mass is 10.3. The van der Waals surface area contributed by atoms with Crippen molar-refractivity contribution in [3.8, 4) is 0 Å². The smallest absolute Gasteiger partial charge is 0.374 e. The molecule has 1 saturated heterocycles. The van der Waals surface area contributed by atoms with Gasteiger partial charge in [-0.3, -0.25) is 0 Å². The summed E-state index contributed by atoms with van der Waals surface area (Å²) >= 11 is 0. The van der Waals surface area contributed by atoms with Crippen LogP contribution in [-0.2, 0) is 22.8 Å². The highest BCUT2D eigenvalue weighted by molar-refractivity contribution is 6.60. The molecule has 0 amide bonds. The summed E-state index contributed by atoms with van der Waals surface area (Å²) in [6.07, 6.45) is 2.26. The van der Waals surface area contributed by atoms with Gasteiger partial charge in [-0.25, -0.2) is 0 Å². The predicted molar refractivity (Wildman–Crippen MR) is 75.0 cm³/mol. The highest BCUT2D eigenvalue weighted by Gasteiger charge is 2.39. The summed E-state index contributed by atoms with van der Waals surface area (Å²) in [4.78, 5) is 0. The molecule has 1 rings (SSSR count). The molecule has 2 atom stereocenters. The monoisotopic (exact) mass is 292 g/mol. The Kier molecular flexibility index (Phi) is 8.13. The zero-order chi connectivity index (χ0) is 14.1. The minimum atomic E-state index is -2.46. The molecule has 0 aromatic carbocycles. The van der Waals surface area contributed by atoms with Gasteiger partial charge in [-0.1, -0.05) is 0 Å². The van der Waals surface area contributed by atoms with Gasteiger partial charge in [0.05, 0.1) is 0 Å². The van der Waals surface area contributed by atoms with Crippen LogP contribution in [0.3, 0.4) is 0 Å². The van der Waals surface area contributed by atoms with Crippen LogP contribution in [0.4, 0.5) is 0 Å². The third-order valence-electron chi connectivity index (χ3n) is 2.91. The lowest BCUT2D eigenvalue weighted by molar-refractivity contribution is 0.0460. The van der Waals surface area contributed by atoms with Gasteiger partial charge in [0.2, 0.25) is 0 Å². The molecule has 1 aliphatic heterocycles. The molecule has 1 heterocycles. The summed E-state index contributed by atoms with van der Waals surface area (Å²) in [6.45, 7) is 10.6. The zero-order valence-electron chi connectivity index (χ0n) is 12.6. The van der Waals surface area contributed by atoms with E-state index in [9.17, 15) is 0 Å². The molecule has 0 saturated carbocycles. The van der Waals surface area contributed by atoms with Crippen molar-refractivity contribution < 1.29 is 22.8 Å². The molecule has 0 radical (unpaired) electrons. The van der Waals surface area contributed by atoms with Crippen LogP contribution in [0, 0.1) is 0 Å². The molecular weight excluding hydrogens is 264 g/mol. The Hall–Kier alpha value is 0.0169. The molecule has 19 heavy (non-hydrogen) atoms. The standard InChI is InChI=1S/C13H28O5Si/c1-5-15-19(16-6-2,17-7-3)11-9-8-10-14-13-12(4)18-13/h12-13H,5-11H2,1-4H3. The number of rotatable bonds is 12. The minimum Gasteiger partial charge on any atom is -0.374 e. The molecule has 0 aromatic heterocycles. The molecule has 5 nitrogen and oxygen atoms in total. The van der Waals surface area contributed by atoms with Crippen LogP contribution in [0.25, 0.3) is 0 Å². The molecule has 114 valence electrons. The van der Waals surface area contributed by atoms with Crippen molar-refractivity contribution in [1.29, 1.82) is 0 Å². The summed E-state index contributed by atoms with van der Waals surface area (Å²) in [5.41, 5.74) is 0. The van der Waals surface area contributed by atoms with Gasteiger partial charge in [0, 0.05) is 32.5 Å². The highest BCUT2D eigenvalue weighted by Crippen LogP contribution is 2.23. The number of unbranched alkanes of at least 4 members (excludes halogenated alkanes) is 1. The van der Waals surface area contributed by atoms with E-state index in [0.29, 0.717) is 19.8 Å². The molecule has 1 aliphatic rings. The molecule has 0 spiro atoms. The SMILES string of the molecule is CCO[Si](CCCCOC1OC1C)(OCC)OCC. The van der Waals surface area contributed by atoms with Crippen LogP contribution in [0.5, 0.6) is 0 Å². The van der Waals surface area contributed by atoms with E-state index >= 15 is 0 Å². The van der Waals surface area contributed by atoms with Gasteiger partial charge >= 0.3 is 8.80 Å². The van der Waals surface area contributed by atoms with Crippen LogP contribution in [0.2, 0.25) is 6.04 Å². The fourth-order valence-corrected chi connectivity index (χ4v) is 4.67. The summed E-state index contributed by atoms with van der Waals surface area (Å²) in [5.74, 6) is 0. The second kappa shape index (κ2) is 9.04. The molecular formula is C13H28O5Si. The Morgan fingerprint density at radius 1 is 0.947 bits per heavy atom. The Morgan fingerprint density at radius 2 is 1.47 bits per heavy atom. The fourth-order valence-electron chi connectivity index (χ4n) is 1.99. The first-order chi connectivity index (χ1) is 9.17. The first-order valence-corrected chi connectivity index (χ1v) is 9.29. The van der Waals surface area contributed by atoms with Gasteiger partial charge in [0.15, 0.2) is 6.29 Å². The number of ether oxygens (including phenoxy) is 2. The van der Waals surface area contributed by atoms with E-state index < -0.39 is 8.80 Å². The van der Waals surface area contributed by atoms with Crippen LogP contribution in [0.15, 0.2) is 0 Å². The van der Waals surface area contributed by atoms with Gasteiger partial charge < -0.3 is 22.8 Å². The highest BCUT2D eigenvalue weighted by atomic mass is 28.4. The Labute approximate surface area is 117 Å². The van der Waals surface area contributed by atoms with E-state index in [1.54, 1.807) is 0 Å². The van der Waals surface area contributed by atoms with E-state index in [-0.39, 0.29) is 12.4 Å². The first-order valence-electron chi connectivity index (χ1n) is 7.36. The number of hydrogen-bond acceptors (Lipinski definition) is 5. The second-order valence-corrected chi connectivity index (χ2v) is 7.25. The molecule has 0 N–H and O–H groups in total. The van der Waals surface area contributed by atoms with Gasteiger partial charge in [0.25, 0.3) is 0 Å². The van der Waals surface area contributed by atoms with Crippen molar-refractivity contribution in [2.45, 2.75) is 59.0 Å². The number of hydrogen-bond donors (Lipinski definition) is 0. The van der Waals surface area contributed by atoms with Crippen LogP contribution in [0.1, 0.15) is 40.5 Å². The average molecular weight is 292 g/mol. The van der Waals surface area contributed by atoms with Crippen molar-refractivity contribution in [2.24, 2.45) is 0 Å². The Balaban J connectivity index is 2.21. The normalized spacial score (nSPS) is 22.7. The maximum Gasteiger partial charge on any atom is 0.500 e. The van der Waals surface area contributed by atoms with Crippen molar-refractivity contribution in [2.75, 3.05) is 26.4 Å². The van der Waals surface area contributed by atoms with E-state index in [4.69, 9.17) is 22.8 Å². The molecule has 0 aromatic rings. The lowest BCUT2D eigenvalue weighted by Crippen LogP contribution is -2.45. The summed E-state index contributed by atoms with van der Waals surface area (Å²) in [5, 5.41) is 0. The Bertz CT molecular complexity index is 222. The predicted octanol–water partition coefficient (Wildman–Crippen LogP) is 2.58. The van der Waals surface area contributed by atoms with Gasteiger partial charge in [-0.05, 0) is 40.5 Å².